The predicted octanol–water partition coefficient (Wildman–Crippen LogP) is 2.49. The van der Waals surface area contributed by atoms with Gasteiger partial charge in [-0.05, 0) is 36.8 Å². The molecule has 1 aliphatic heterocycles. The minimum Gasteiger partial charge on any atom is -0.477 e. The summed E-state index contributed by atoms with van der Waals surface area (Å²) in [4.78, 5) is 26.9. The first-order valence-electron chi connectivity index (χ1n) is 8.49. The summed E-state index contributed by atoms with van der Waals surface area (Å²) in [6.45, 7) is 2.63. The molecule has 26 heavy (non-hydrogen) atoms. The Morgan fingerprint density at radius 3 is 2.85 bits per heavy atom. The van der Waals surface area contributed by atoms with Gasteiger partial charge >= 0.3 is 0 Å². The van der Waals surface area contributed by atoms with Crippen LogP contribution in [0.5, 0.6) is 5.75 Å². The van der Waals surface area contributed by atoms with E-state index in [-0.39, 0.29) is 18.4 Å². The molecule has 6 heteroatoms. The van der Waals surface area contributed by atoms with Crippen LogP contribution in [0.25, 0.3) is 0 Å². The number of carbonyl (C=O) groups excluding carboxylic acids is 2. The van der Waals surface area contributed by atoms with Crippen LogP contribution in [0.4, 0.5) is 5.69 Å². The molecule has 1 aliphatic rings. The van der Waals surface area contributed by atoms with Gasteiger partial charge in [0.25, 0.3) is 11.8 Å². The number of rotatable bonds is 4. The molecule has 1 atom stereocenters. The van der Waals surface area contributed by atoms with Gasteiger partial charge in [-0.3, -0.25) is 9.59 Å². The number of nitriles is 1. The third-order valence-corrected chi connectivity index (χ3v) is 4.10. The first kappa shape index (κ1) is 17.5. The molecule has 0 radical (unpaired) electrons. The molecule has 0 fully saturated rings. The number of amides is 2. The van der Waals surface area contributed by atoms with Gasteiger partial charge in [0.1, 0.15) is 5.75 Å². The average molecular weight is 349 g/mol. The summed E-state index contributed by atoms with van der Waals surface area (Å²) >= 11 is 0. The summed E-state index contributed by atoms with van der Waals surface area (Å²) in [6, 6.07) is 15.7. The van der Waals surface area contributed by atoms with Gasteiger partial charge in [-0.1, -0.05) is 25.1 Å². The minimum absolute atomic E-state index is 0.113. The van der Waals surface area contributed by atoms with Crippen LogP contribution in [0.15, 0.2) is 48.5 Å². The molecule has 0 saturated heterocycles. The third kappa shape index (κ3) is 3.52. The molecule has 6 nitrogen and oxygen atoms in total. The zero-order valence-electron chi connectivity index (χ0n) is 14.4. The summed E-state index contributed by atoms with van der Waals surface area (Å²) in [5, 5.41) is 11.9. The molecule has 0 aromatic heterocycles. The number of para-hydroxylation sites is 2. The zero-order valence-corrected chi connectivity index (χ0v) is 14.4. The van der Waals surface area contributed by atoms with Crippen LogP contribution in [0.3, 0.4) is 0 Å². The molecular formula is C20H19N3O3. The Bertz CT molecular complexity index is 873. The Balaban J connectivity index is 1.92. The van der Waals surface area contributed by atoms with Crippen molar-refractivity contribution in [3.05, 3.63) is 59.7 Å². The summed E-state index contributed by atoms with van der Waals surface area (Å²) in [5.41, 5.74) is 1.42. The lowest BCUT2D eigenvalue weighted by Gasteiger charge is -2.34. The summed E-state index contributed by atoms with van der Waals surface area (Å²) in [6.07, 6.45) is 0.0399. The van der Waals surface area contributed by atoms with Gasteiger partial charge in [-0.2, -0.15) is 5.26 Å². The number of nitrogens with zero attached hydrogens (tertiary/aromatic N) is 2. The first-order valence-corrected chi connectivity index (χ1v) is 8.49. The van der Waals surface area contributed by atoms with Crippen LogP contribution in [0.1, 0.15) is 29.3 Å². The van der Waals surface area contributed by atoms with E-state index in [0.29, 0.717) is 29.1 Å². The fourth-order valence-corrected chi connectivity index (χ4v) is 2.80. The van der Waals surface area contributed by atoms with Crippen molar-refractivity contribution in [1.29, 1.82) is 5.26 Å². The maximum Gasteiger partial charge on any atom is 0.262 e. The molecule has 0 unspecified atom stereocenters. The SMILES string of the molecule is CCCNC(=O)[C@@H]1CN(C(=O)c2cccc(C#N)c2)c2ccccc2O1. The highest BCUT2D eigenvalue weighted by atomic mass is 16.5. The number of anilines is 1. The smallest absolute Gasteiger partial charge is 0.262 e. The molecular weight excluding hydrogens is 330 g/mol. The van der Waals surface area contributed by atoms with Crippen molar-refractivity contribution in [3.8, 4) is 11.8 Å². The second kappa shape index (κ2) is 7.70. The standard InChI is InChI=1S/C20H19N3O3/c1-2-10-22-19(24)18-13-23(16-8-3-4-9-17(16)26-18)20(25)15-7-5-6-14(11-15)12-21/h3-9,11,18H,2,10,13H2,1H3,(H,22,24)/t18-/m0/s1. The van der Waals surface area contributed by atoms with Gasteiger partial charge in [0, 0.05) is 12.1 Å². The lowest BCUT2D eigenvalue weighted by atomic mass is 10.1. The fraction of sp³-hybridized carbons (Fsp3) is 0.250. The monoisotopic (exact) mass is 349 g/mol. The molecule has 3 rings (SSSR count). The summed E-state index contributed by atoms with van der Waals surface area (Å²) < 4.78 is 5.79. The molecule has 132 valence electrons. The molecule has 0 saturated carbocycles. The van der Waals surface area contributed by atoms with E-state index >= 15 is 0 Å². The van der Waals surface area contributed by atoms with Crippen LogP contribution < -0.4 is 15.0 Å². The number of nitrogens with one attached hydrogen (secondary N) is 1. The molecule has 0 bridgehead atoms. The predicted molar refractivity (Wildman–Crippen MR) is 97.0 cm³/mol. The molecule has 1 N–H and O–H groups in total. The van der Waals surface area contributed by atoms with Gasteiger partial charge in [0.15, 0.2) is 6.10 Å². The summed E-state index contributed by atoms with van der Waals surface area (Å²) in [7, 11) is 0. The van der Waals surface area contributed by atoms with E-state index < -0.39 is 6.10 Å². The Labute approximate surface area is 152 Å². The Kier molecular flexibility index (Phi) is 5.18. The molecule has 2 aromatic rings. The van der Waals surface area contributed by atoms with E-state index in [1.807, 2.05) is 19.1 Å². The van der Waals surface area contributed by atoms with Crippen molar-refractivity contribution in [2.75, 3.05) is 18.0 Å². The number of ether oxygens (including phenoxy) is 1. The van der Waals surface area contributed by atoms with E-state index in [4.69, 9.17) is 10.00 Å². The number of hydrogen-bond acceptors (Lipinski definition) is 4. The highest BCUT2D eigenvalue weighted by Gasteiger charge is 2.34. The lowest BCUT2D eigenvalue weighted by Crippen LogP contribution is -2.50. The van der Waals surface area contributed by atoms with Crippen LogP contribution in [0.2, 0.25) is 0 Å². The van der Waals surface area contributed by atoms with Crippen molar-refractivity contribution in [2.24, 2.45) is 0 Å². The second-order valence-corrected chi connectivity index (χ2v) is 5.97. The van der Waals surface area contributed by atoms with Gasteiger partial charge < -0.3 is 15.0 Å². The number of carbonyl (C=O) groups is 2. The number of benzene rings is 2. The zero-order chi connectivity index (χ0) is 18.5. The molecule has 0 spiro atoms. The average Bonchev–Trinajstić information content (AvgIpc) is 2.70. The van der Waals surface area contributed by atoms with E-state index in [2.05, 4.69) is 5.32 Å². The van der Waals surface area contributed by atoms with Crippen LogP contribution in [-0.2, 0) is 4.79 Å². The molecule has 0 aliphatic carbocycles. The van der Waals surface area contributed by atoms with Crippen LogP contribution >= 0.6 is 0 Å². The van der Waals surface area contributed by atoms with Crippen LogP contribution in [-0.4, -0.2) is 31.0 Å². The lowest BCUT2D eigenvalue weighted by molar-refractivity contribution is -0.127. The van der Waals surface area contributed by atoms with E-state index in [0.717, 1.165) is 6.42 Å². The third-order valence-electron chi connectivity index (χ3n) is 4.10. The molecule has 2 amide bonds. The van der Waals surface area contributed by atoms with E-state index in [9.17, 15) is 9.59 Å². The van der Waals surface area contributed by atoms with Crippen molar-refractivity contribution in [1.82, 2.24) is 5.32 Å². The van der Waals surface area contributed by atoms with Gasteiger partial charge in [0.2, 0.25) is 0 Å². The van der Waals surface area contributed by atoms with Crippen LogP contribution in [0, 0.1) is 11.3 Å². The largest absolute Gasteiger partial charge is 0.477 e. The van der Waals surface area contributed by atoms with Crippen molar-refractivity contribution < 1.29 is 14.3 Å². The number of fused-ring (bicyclic) bond motifs is 1. The maximum atomic E-state index is 13.0. The molecule has 1 heterocycles. The highest BCUT2D eigenvalue weighted by molar-refractivity contribution is 6.08. The van der Waals surface area contributed by atoms with Gasteiger partial charge in [-0.15, -0.1) is 0 Å². The fourth-order valence-electron chi connectivity index (χ4n) is 2.80. The van der Waals surface area contributed by atoms with Crippen molar-refractivity contribution in [3.63, 3.8) is 0 Å². The van der Waals surface area contributed by atoms with Gasteiger partial charge in [0.05, 0.1) is 23.9 Å². The maximum absolute atomic E-state index is 13.0. The topological polar surface area (TPSA) is 82.4 Å². The Hall–Kier alpha value is -3.33. The molecule has 2 aromatic carbocycles. The quantitative estimate of drug-likeness (QED) is 0.919. The summed E-state index contributed by atoms with van der Waals surface area (Å²) in [5.74, 6) is -0.0312. The van der Waals surface area contributed by atoms with Crippen molar-refractivity contribution in [2.45, 2.75) is 19.4 Å². The van der Waals surface area contributed by atoms with Gasteiger partial charge in [-0.25, -0.2) is 0 Å². The van der Waals surface area contributed by atoms with Crippen molar-refractivity contribution >= 4 is 17.5 Å². The number of hydrogen-bond donors (Lipinski definition) is 1. The Morgan fingerprint density at radius 1 is 1.27 bits per heavy atom. The Morgan fingerprint density at radius 2 is 2.08 bits per heavy atom. The first-order chi connectivity index (χ1) is 12.6. The minimum atomic E-state index is -0.778. The highest BCUT2D eigenvalue weighted by Crippen LogP contribution is 2.34. The van der Waals surface area contributed by atoms with E-state index in [1.54, 1.807) is 42.5 Å². The van der Waals surface area contributed by atoms with E-state index in [1.165, 1.54) is 4.90 Å². The second-order valence-electron chi connectivity index (χ2n) is 5.97. The normalized spacial score (nSPS) is 15.4.